The Bertz CT molecular complexity index is 1160. The van der Waals surface area contributed by atoms with Gasteiger partial charge in [-0.1, -0.05) is 54.6 Å². The molecule has 4 rings (SSSR count). The minimum atomic E-state index is -5.52. The molecule has 0 aliphatic heterocycles. The predicted molar refractivity (Wildman–Crippen MR) is 129 cm³/mol. The Balaban J connectivity index is 0.000000623. The fourth-order valence-corrected chi connectivity index (χ4v) is 3.09. The third-order valence-electron chi connectivity index (χ3n) is 4.93. The molecule has 182 valence electrons. The van der Waals surface area contributed by atoms with E-state index in [2.05, 4.69) is 0 Å². The summed E-state index contributed by atoms with van der Waals surface area (Å²) in [4.78, 5) is 20.2. The number of benzene rings is 3. The zero-order valence-corrected chi connectivity index (χ0v) is 21.5. The summed E-state index contributed by atoms with van der Waals surface area (Å²) in [6, 6.07) is 30.2. The van der Waals surface area contributed by atoms with Crippen molar-refractivity contribution in [2.45, 2.75) is 0 Å². The van der Waals surface area contributed by atoms with Crippen molar-refractivity contribution in [3.8, 4) is 0 Å². The molecule has 0 aliphatic rings. The molecule has 0 saturated carbocycles. The van der Waals surface area contributed by atoms with Gasteiger partial charge in [-0.15, -0.1) is 0 Å². The van der Waals surface area contributed by atoms with Gasteiger partial charge in [0.1, 0.15) is 0 Å². The summed E-state index contributed by atoms with van der Waals surface area (Å²) in [6.45, 7) is 0. The van der Waals surface area contributed by atoms with Crippen LogP contribution in [0.15, 0.2) is 91.0 Å². The molecule has 0 bridgehead atoms. The zero-order valence-electron chi connectivity index (χ0n) is 19.5. The summed E-state index contributed by atoms with van der Waals surface area (Å²) in [7, 11) is 5.88. The monoisotopic (exact) mass is 560 g/mol. The zero-order chi connectivity index (χ0) is 25.4. The van der Waals surface area contributed by atoms with Crippen LogP contribution in [0, 0.1) is 0 Å². The summed E-state index contributed by atoms with van der Waals surface area (Å²) >= 11 is -5.52. The van der Waals surface area contributed by atoms with Crippen molar-refractivity contribution in [2.24, 2.45) is 0 Å². The van der Waals surface area contributed by atoms with Crippen LogP contribution in [-0.4, -0.2) is 43.6 Å². The third-order valence-corrected chi connectivity index (χ3v) is 4.93. The van der Waals surface area contributed by atoms with Gasteiger partial charge >= 0.3 is 31.1 Å². The normalized spacial score (nSPS) is 10.7. The van der Waals surface area contributed by atoms with E-state index in [-0.39, 0.29) is 0 Å². The van der Waals surface area contributed by atoms with Gasteiger partial charge in [0.25, 0.3) is 0 Å². The van der Waals surface area contributed by atoms with E-state index in [0.717, 1.165) is 17.1 Å². The molecule has 0 amide bonds. The third kappa shape index (κ3) is 7.64. The van der Waals surface area contributed by atoms with E-state index in [4.69, 9.17) is 29.3 Å². The van der Waals surface area contributed by atoms with Crippen molar-refractivity contribution in [3.05, 3.63) is 91.0 Å². The van der Waals surface area contributed by atoms with Gasteiger partial charge in [-0.3, -0.25) is 0 Å². The maximum absolute atomic E-state index is 8.85. The molecule has 1 aromatic heterocycles. The summed E-state index contributed by atoms with van der Waals surface area (Å²) in [5.41, 5.74) is 3.01. The summed E-state index contributed by atoms with van der Waals surface area (Å²) < 4.78 is 32.0. The molecular formula is C24H26MoN6O4. The SMILES string of the molecule is CN(c1ccccc1)c1nc(N(C)c2ccccc2)nc(N(C)c2ccccc2)n1.[O]=[Mo](=[O])([OH])[OH]. The Hall–Kier alpha value is -3.72. The Labute approximate surface area is 207 Å². The second kappa shape index (κ2) is 11.6. The molecule has 0 saturated heterocycles. The second-order valence-corrected chi connectivity index (χ2v) is 9.57. The molecule has 3 aromatic carbocycles. The molecule has 0 atom stereocenters. The molecule has 0 radical (unpaired) electrons. The molecular weight excluding hydrogens is 532 g/mol. The predicted octanol–water partition coefficient (Wildman–Crippen LogP) is 3.82. The Kier molecular flexibility index (Phi) is 8.59. The van der Waals surface area contributed by atoms with Gasteiger partial charge in [-0.2, -0.15) is 15.0 Å². The van der Waals surface area contributed by atoms with Crippen LogP contribution in [0.3, 0.4) is 0 Å². The molecule has 35 heavy (non-hydrogen) atoms. The van der Waals surface area contributed by atoms with Crippen LogP contribution in [0.5, 0.6) is 0 Å². The van der Waals surface area contributed by atoms with Crippen LogP contribution in [0.25, 0.3) is 0 Å². The van der Waals surface area contributed by atoms with Crippen molar-refractivity contribution < 1.29 is 31.1 Å². The fraction of sp³-hybridized carbons (Fsp3) is 0.125. The second-order valence-electron chi connectivity index (χ2n) is 7.37. The van der Waals surface area contributed by atoms with Crippen LogP contribution in [0.1, 0.15) is 0 Å². The molecule has 0 fully saturated rings. The van der Waals surface area contributed by atoms with E-state index >= 15 is 0 Å². The van der Waals surface area contributed by atoms with Crippen LogP contribution >= 0.6 is 0 Å². The standard InChI is InChI=1S/C24H24N6.Mo.2H2O.2O/c1-28(19-13-7-4-8-14-19)22-25-23(29(2)20-15-9-5-10-16-20)27-24(26-22)30(3)21-17-11-6-12-18-21;;;;;/h4-18H,1-3H3;;2*1H2;;/q;+2;;;;/p-2. The quantitative estimate of drug-likeness (QED) is 0.338. The van der Waals surface area contributed by atoms with Gasteiger partial charge in [-0.05, 0) is 36.4 Å². The van der Waals surface area contributed by atoms with Gasteiger partial charge in [0.15, 0.2) is 0 Å². The summed E-state index contributed by atoms with van der Waals surface area (Å²) in [5.74, 6) is 1.73. The molecule has 10 nitrogen and oxygen atoms in total. The number of nitrogens with zero attached hydrogens (tertiary/aromatic N) is 6. The van der Waals surface area contributed by atoms with Gasteiger partial charge in [-0.25, -0.2) is 0 Å². The summed E-state index contributed by atoms with van der Waals surface area (Å²) in [5, 5.41) is 0. The van der Waals surface area contributed by atoms with Crippen molar-refractivity contribution >= 4 is 34.9 Å². The number of hydrogen-bond donors (Lipinski definition) is 2. The Morgan fingerprint density at radius 3 is 0.914 bits per heavy atom. The molecule has 11 heteroatoms. The molecule has 4 aromatic rings. The number of anilines is 6. The van der Waals surface area contributed by atoms with Crippen LogP contribution in [0.4, 0.5) is 34.9 Å². The molecule has 2 N–H and O–H groups in total. The van der Waals surface area contributed by atoms with Crippen LogP contribution in [-0.2, 0) is 23.5 Å². The Morgan fingerprint density at radius 2 is 0.714 bits per heavy atom. The van der Waals surface area contributed by atoms with Gasteiger partial charge in [0, 0.05) is 38.2 Å². The minimum absolute atomic E-state index is 0.576. The number of para-hydroxylation sites is 3. The molecule has 1 heterocycles. The van der Waals surface area contributed by atoms with Crippen molar-refractivity contribution in [1.29, 1.82) is 0 Å². The van der Waals surface area contributed by atoms with E-state index in [0.29, 0.717) is 17.8 Å². The molecule has 0 aliphatic carbocycles. The number of aromatic nitrogens is 3. The first-order chi connectivity index (χ1) is 16.6. The first kappa shape index (κ1) is 25.9. The number of hydrogen-bond acceptors (Lipinski definition) is 8. The first-order valence-electron chi connectivity index (χ1n) is 10.5. The van der Waals surface area contributed by atoms with Crippen molar-refractivity contribution in [2.75, 3.05) is 35.8 Å². The van der Waals surface area contributed by atoms with Gasteiger partial charge in [0.05, 0.1) is 0 Å². The van der Waals surface area contributed by atoms with E-state index < -0.39 is 16.7 Å². The van der Waals surface area contributed by atoms with E-state index in [1.165, 1.54) is 0 Å². The first-order valence-corrected chi connectivity index (χ1v) is 13.9. The van der Waals surface area contributed by atoms with Crippen molar-refractivity contribution in [3.63, 3.8) is 0 Å². The van der Waals surface area contributed by atoms with Crippen LogP contribution < -0.4 is 14.7 Å². The van der Waals surface area contributed by atoms with E-state index in [9.17, 15) is 0 Å². The topological polar surface area (TPSA) is 123 Å². The van der Waals surface area contributed by atoms with Gasteiger partial charge < -0.3 is 14.7 Å². The average Bonchev–Trinajstić information content (AvgIpc) is 2.87. The molecule has 0 spiro atoms. The fourth-order valence-electron chi connectivity index (χ4n) is 3.09. The van der Waals surface area contributed by atoms with Crippen LogP contribution in [0.2, 0.25) is 0 Å². The summed E-state index contributed by atoms with van der Waals surface area (Å²) in [6.07, 6.45) is 0. The van der Waals surface area contributed by atoms with E-state index in [1.807, 2.05) is 127 Å². The van der Waals surface area contributed by atoms with Crippen molar-refractivity contribution in [1.82, 2.24) is 15.0 Å². The van der Waals surface area contributed by atoms with Gasteiger partial charge in [0.2, 0.25) is 17.8 Å². The average molecular weight is 558 g/mol. The maximum atomic E-state index is 8.85. The van der Waals surface area contributed by atoms with E-state index in [1.54, 1.807) is 0 Å². The Morgan fingerprint density at radius 1 is 0.514 bits per heavy atom. The number of rotatable bonds is 6. The molecule has 0 unspecified atom stereocenters.